The number of aliphatic hydroxyl groups is 1. The van der Waals surface area contributed by atoms with Crippen LogP contribution >= 0.6 is 0 Å². The summed E-state index contributed by atoms with van der Waals surface area (Å²) in [4.78, 5) is 0. The van der Waals surface area contributed by atoms with Gasteiger partial charge >= 0.3 is 0 Å². The van der Waals surface area contributed by atoms with Crippen molar-refractivity contribution in [1.82, 2.24) is 0 Å². The molecule has 2 aromatic carbocycles. The molecule has 2 heteroatoms. The smallest absolute Gasteiger partial charge is 0.103 e. The van der Waals surface area contributed by atoms with Crippen LogP contribution in [0.5, 0.6) is 0 Å². The Morgan fingerprint density at radius 2 is 0.931 bits per heavy atom. The summed E-state index contributed by atoms with van der Waals surface area (Å²) in [5, 5.41) is 11.0. The van der Waals surface area contributed by atoms with Crippen LogP contribution in [0, 0.1) is 71.1 Å². The Labute approximate surface area is 197 Å². The quantitative estimate of drug-likeness (QED) is 0.579. The van der Waals surface area contributed by atoms with Crippen LogP contribution in [-0.4, -0.2) is 5.11 Å². The molecule has 0 heterocycles. The third-order valence-corrected chi connectivity index (χ3v) is 4.19. The first-order valence-electron chi connectivity index (χ1n) is 9.38. The second-order valence-electron chi connectivity index (χ2n) is 6.19. The zero-order valence-corrected chi connectivity index (χ0v) is 19.0. The molecule has 0 unspecified atom stereocenters. The second-order valence-corrected chi connectivity index (χ2v) is 6.19. The standard InChI is InChI=1S/C17H17O.2C5H5.Zr/c1-2-3-14-17(18,15-10-6-4-7-11-15)16-12-8-5-9-13-16;2*1-2-4-5-3-1;/h2-13,18H,1,14H2;2*1-5H;/q-1;;;/b3-2-;;;. The molecule has 4 rings (SSSR count). The summed E-state index contributed by atoms with van der Waals surface area (Å²) in [6.07, 6.45) is 24.1. The van der Waals surface area contributed by atoms with E-state index in [1.165, 1.54) is 0 Å². The predicted molar refractivity (Wildman–Crippen MR) is 118 cm³/mol. The van der Waals surface area contributed by atoms with Crippen molar-refractivity contribution in [2.75, 3.05) is 0 Å². The molecule has 1 nitrogen and oxygen atoms in total. The van der Waals surface area contributed by atoms with Crippen molar-refractivity contribution in [3.8, 4) is 0 Å². The molecule has 2 aliphatic carbocycles. The minimum Gasteiger partial charge on any atom is -0.382 e. The second kappa shape index (κ2) is 15.7. The summed E-state index contributed by atoms with van der Waals surface area (Å²) in [6, 6.07) is 19.5. The molecule has 0 aliphatic heterocycles. The minimum atomic E-state index is -0.989. The number of hydrogen-bond acceptors (Lipinski definition) is 1. The van der Waals surface area contributed by atoms with Gasteiger partial charge in [-0.1, -0.05) is 67.1 Å². The Morgan fingerprint density at radius 1 is 0.621 bits per heavy atom. The zero-order valence-electron chi connectivity index (χ0n) is 16.6. The van der Waals surface area contributed by atoms with Crippen molar-refractivity contribution in [2.45, 2.75) is 12.0 Å². The molecule has 2 saturated carbocycles. The van der Waals surface area contributed by atoms with Gasteiger partial charge in [0.25, 0.3) is 0 Å². The third-order valence-electron chi connectivity index (χ3n) is 4.19. The van der Waals surface area contributed by atoms with E-state index in [0.717, 1.165) is 11.1 Å². The number of hydrogen-bond donors (Lipinski definition) is 1. The van der Waals surface area contributed by atoms with E-state index in [-0.39, 0.29) is 26.2 Å². The largest absolute Gasteiger partial charge is 0.382 e. The van der Waals surface area contributed by atoms with E-state index >= 15 is 0 Å². The van der Waals surface area contributed by atoms with Crippen LogP contribution in [0.3, 0.4) is 0 Å². The molecular weight excluding hydrogens is 432 g/mol. The van der Waals surface area contributed by atoms with Crippen LogP contribution in [0.15, 0.2) is 72.8 Å². The van der Waals surface area contributed by atoms with Crippen molar-refractivity contribution in [3.63, 3.8) is 0 Å². The van der Waals surface area contributed by atoms with Gasteiger partial charge in [0.05, 0.1) is 0 Å². The van der Waals surface area contributed by atoms with Gasteiger partial charge in [-0.05, 0) is 75.3 Å². The molecule has 146 valence electrons. The molecule has 0 amide bonds. The maximum absolute atomic E-state index is 11.0. The van der Waals surface area contributed by atoms with Gasteiger partial charge in [0.1, 0.15) is 5.60 Å². The van der Waals surface area contributed by atoms with Gasteiger partial charge in [0.2, 0.25) is 0 Å². The van der Waals surface area contributed by atoms with E-state index in [0.29, 0.717) is 6.42 Å². The van der Waals surface area contributed by atoms with Crippen LogP contribution in [0.25, 0.3) is 0 Å². The molecule has 2 aromatic rings. The van der Waals surface area contributed by atoms with E-state index in [1.807, 2.05) is 131 Å². The van der Waals surface area contributed by atoms with E-state index in [9.17, 15) is 5.11 Å². The summed E-state index contributed by atoms with van der Waals surface area (Å²) >= 11 is 0. The third kappa shape index (κ3) is 9.50. The summed E-state index contributed by atoms with van der Waals surface area (Å²) in [5.74, 6) is 0. The zero-order chi connectivity index (χ0) is 19.9. The average molecular weight is 459 g/mol. The SMILES string of the molecule is [CH2-]/C=C\CC(O)(c1ccccc1)c1ccccc1.[CH]1[CH][CH][CH][CH]1.[CH]1[CH][CH][CH][CH]1.[Zr]. The van der Waals surface area contributed by atoms with Crippen LogP contribution in [0.4, 0.5) is 0 Å². The molecule has 0 aromatic heterocycles. The molecular formula is C27H27OZr-. The van der Waals surface area contributed by atoms with Crippen molar-refractivity contribution < 1.29 is 31.3 Å². The molecule has 0 saturated heterocycles. The summed E-state index contributed by atoms with van der Waals surface area (Å²) < 4.78 is 0. The molecule has 0 spiro atoms. The van der Waals surface area contributed by atoms with Crippen LogP contribution in [-0.2, 0) is 31.8 Å². The Bertz CT molecular complexity index is 578. The maximum atomic E-state index is 11.0. The Balaban J connectivity index is 0.000000311. The van der Waals surface area contributed by atoms with Gasteiger partial charge in [0, 0.05) is 26.2 Å². The average Bonchev–Trinajstić information content (AvgIpc) is 3.52. The van der Waals surface area contributed by atoms with Crippen molar-refractivity contribution >= 4 is 0 Å². The summed E-state index contributed by atoms with van der Waals surface area (Å²) in [6.45, 7) is 3.68. The normalized spacial score (nSPS) is 15.6. The molecule has 2 fully saturated rings. The monoisotopic (exact) mass is 457 g/mol. The first-order valence-corrected chi connectivity index (χ1v) is 9.38. The Hall–Kier alpha value is -1.11. The molecule has 0 atom stereocenters. The maximum Gasteiger partial charge on any atom is 0.103 e. The number of allylic oxidation sites excluding steroid dienone is 1. The van der Waals surface area contributed by atoms with Gasteiger partial charge in [-0.3, -0.25) is 0 Å². The Morgan fingerprint density at radius 3 is 1.21 bits per heavy atom. The Kier molecular flexibility index (Phi) is 14.0. The van der Waals surface area contributed by atoms with E-state index in [2.05, 4.69) is 6.92 Å². The van der Waals surface area contributed by atoms with Crippen molar-refractivity contribution in [3.05, 3.63) is 155 Å². The molecule has 1 N–H and O–H groups in total. The first-order chi connectivity index (χ1) is 13.8. The topological polar surface area (TPSA) is 20.2 Å². The predicted octanol–water partition coefficient (Wildman–Crippen LogP) is 5.74. The van der Waals surface area contributed by atoms with Crippen molar-refractivity contribution in [1.29, 1.82) is 0 Å². The number of benzene rings is 2. The van der Waals surface area contributed by atoms with Gasteiger partial charge in [0.15, 0.2) is 0 Å². The fraction of sp³-hybridized carbons (Fsp3) is 0.0741. The summed E-state index contributed by atoms with van der Waals surface area (Å²) in [5.41, 5.74) is 0.806. The van der Waals surface area contributed by atoms with E-state index in [4.69, 9.17) is 0 Å². The van der Waals surface area contributed by atoms with Gasteiger partial charge in [-0.15, -0.1) is 0 Å². The fourth-order valence-corrected chi connectivity index (χ4v) is 2.73. The van der Waals surface area contributed by atoms with Gasteiger partial charge in [-0.2, -0.15) is 0 Å². The fourth-order valence-electron chi connectivity index (χ4n) is 2.73. The van der Waals surface area contributed by atoms with E-state index < -0.39 is 5.60 Å². The molecule has 10 radical (unpaired) electrons. The van der Waals surface area contributed by atoms with Crippen molar-refractivity contribution in [2.24, 2.45) is 0 Å². The first kappa shape index (κ1) is 25.9. The van der Waals surface area contributed by atoms with Crippen LogP contribution < -0.4 is 0 Å². The number of rotatable bonds is 4. The van der Waals surface area contributed by atoms with Crippen LogP contribution in [0.2, 0.25) is 0 Å². The molecule has 2 aliphatic rings. The molecule has 29 heavy (non-hydrogen) atoms. The molecule has 0 bridgehead atoms. The van der Waals surface area contributed by atoms with Crippen LogP contribution in [0.1, 0.15) is 17.5 Å². The summed E-state index contributed by atoms with van der Waals surface area (Å²) in [7, 11) is 0. The van der Waals surface area contributed by atoms with Gasteiger partial charge in [-0.25, -0.2) is 19.1 Å². The minimum absolute atomic E-state index is 0. The van der Waals surface area contributed by atoms with Gasteiger partial charge < -0.3 is 5.11 Å². The van der Waals surface area contributed by atoms with E-state index in [1.54, 1.807) is 6.08 Å².